The van der Waals surface area contributed by atoms with Crippen LogP contribution in [0, 0.1) is 11.3 Å². The number of amides is 1. The summed E-state index contributed by atoms with van der Waals surface area (Å²) in [6, 6.07) is 5.38. The zero-order valence-corrected chi connectivity index (χ0v) is 15.1. The van der Waals surface area contributed by atoms with Gasteiger partial charge in [0.1, 0.15) is 17.9 Å². The lowest BCUT2D eigenvalue weighted by Gasteiger charge is -2.17. The molecule has 2 aromatic heterocycles. The summed E-state index contributed by atoms with van der Waals surface area (Å²) in [6.07, 6.45) is 3.96. The minimum atomic E-state index is -0.0850. The van der Waals surface area contributed by atoms with E-state index in [-0.39, 0.29) is 12.0 Å². The minimum absolute atomic E-state index is 0.0662. The van der Waals surface area contributed by atoms with E-state index in [0.717, 1.165) is 36.3 Å². The highest BCUT2D eigenvalue weighted by Crippen LogP contribution is 2.21. The number of aromatic nitrogens is 2. The second kappa shape index (κ2) is 8.00. The van der Waals surface area contributed by atoms with Crippen molar-refractivity contribution in [2.45, 2.75) is 45.6 Å². The van der Waals surface area contributed by atoms with Crippen molar-refractivity contribution >= 4 is 5.91 Å². The van der Waals surface area contributed by atoms with Crippen LogP contribution in [0.15, 0.2) is 22.9 Å². The standard InChI is InChI=1S/C19H22N4O3/c1-3-16-15(17(4-2)26-22-16)9-19(24)23-8-7-14(12-23)25-18-6-5-13(10-20)11-21-18/h5-6,11,14H,3-4,7-9,12H2,1-2H3. The van der Waals surface area contributed by atoms with Gasteiger partial charge in [-0.05, 0) is 12.5 Å². The zero-order chi connectivity index (χ0) is 18.5. The van der Waals surface area contributed by atoms with Gasteiger partial charge in [-0.1, -0.05) is 19.0 Å². The van der Waals surface area contributed by atoms with Crippen molar-refractivity contribution < 1.29 is 14.1 Å². The smallest absolute Gasteiger partial charge is 0.227 e. The molecule has 1 atom stereocenters. The highest BCUT2D eigenvalue weighted by molar-refractivity contribution is 5.79. The molecule has 1 fully saturated rings. The van der Waals surface area contributed by atoms with Gasteiger partial charge in [-0.2, -0.15) is 5.26 Å². The van der Waals surface area contributed by atoms with Gasteiger partial charge in [-0.3, -0.25) is 4.79 Å². The van der Waals surface area contributed by atoms with Gasteiger partial charge in [0.15, 0.2) is 0 Å². The van der Waals surface area contributed by atoms with Crippen molar-refractivity contribution in [2.24, 2.45) is 0 Å². The van der Waals surface area contributed by atoms with Crippen LogP contribution in [0.4, 0.5) is 0 Å². The molecule has 1 aliphatic heterocycles. The number of hydrogen-bond acceptors (Lipinski definition) is 6. The maximum absolute atomic E-state index is 12.7. The van der Waals surface area contributed by atoms with E-state index in [1.807, 2.05) is 24.8 Å². The van der Waals surface area contributed by atoms with E-state index in [0.29, 0.717) is 31.0 Å². The summed E-state index contributed by atoms with van der Waals surface area (Å²) in [6.45, 7) is 5.20. The quantitative estimate of drug-likeness (QED) is 0.790. The normalized spacial score (nSPS) is 16.5. The molecule has 1 amide bonds. The SMILES string of the molecule is CCc1noc(CC)c1CC(=O)N1CCC(Oc2ccc(C#N)cn2)C1. The van der Waals surface area contributed by atoms with Crippen LogP contribution in [0.3, 0.4) is 0 Å². The molecule has 0 N–H and O–H groups in total. The molecule has 1 saturated heterocycles. The molecule has 3 rings (SSSR count). The molecule has 26 heavy (non-hydrogen) atoms. The van der Waals surface area contributed by atoms with E-state index < -0.39 is 0 Å². The fraction of sp³-hybridized carbons (Fsp3) is 0.474. The van der Waals surface area contributed by atoms with Crippen molar-refractivity contribution in [3.8, 4) is 11.9 Å². The first kappa shape index (κ1) is 17.9. The lowest BCUT2D eigenvalue weighted by Crippen LogP contribution is -2.32. The van der Waals surface area contributed by atoms with E-state index in [1.165, 1.54) is 6.20 Å². The molecule has 0 saturated carbocycles. The summed E-state index contributed by atoms with van der Waals surface area (Å²) in [4.78, 5) is 18.6. The second-order valence-electron chi connectivity index (χ2n) is 6.28. The Hall–Kier alpha value is -2.88. The van der Waals surface area contributed by atoms with Crippen LogP contribution in [-0.2, 0) is 24.1 Å². The first-order chi connectivity index (χ1) is 12.6. The number of nitrogens with zero attached hydrogens (tertiary/aromatic N) is 4. The first-order valence-corrected chi connectivity index (χ1v) is 8.91. The van der Waals surface area contributed by atoms with E-state index in [2.05, 4.69) is 10.1 Å². The largest absolute Gasteiger partial charge is 0.472 e. The molecule has 3 heterocycles. The Morgan fingerprint density at radius 1 is 1.42 bits per heavy atom. The van der Waals surface area contributed by atoms with E-state index in [4.69, 9.17) is 14.5 Å². The predicted molar refractivity (Wildman–Crippen MR) is 93.5 cm³/mol. The van der Waals surface area contributed by atoms with Gasteiger partial charge >= 0.3 is 0 Å². The Morgan fingerprint density at radius 2 is 2.27 bits per heavy atom. The summed E-state index contributed by atoms with van der Waals surface area (Å²) < 4.78 is 11.2. The van der Waals surface area contributed by atoms with Crippen molar-refractivity contribution in [2.75, 3.05) is 13.1 Å². The predicted octanol–water partition coefficient (Wildman–Crippen LogP) is 2.29. The van der Waals surface area contributed by atoms with Crippen LogP contribution in [0.2, 0.25) is 0 Å². The first-order valence-electron chi connectivity index (χ1n) is 8.91. The lowest BCUT2D eigenvalue weighted by atomic mass is 10.1. The molecular weight excluding hydrogens is 332 g/mol. The summed E-state index contributed by atoms with van der Waals surface area (Å²) in [5.74, 6) is 1.34. The number of ether oxygens (including phenoxy) is 1. The molecular formula is C19H22N4O3. The van der Waals surface area contributed by atoms with E-state index in [9.17, 15) is 4.79 Å². The number of hydrogen-bond donors (Lipinski definition) is 0. The number of likely N-dealkylation sites (tertiary alicyclic amines) is 1. The number of aryl methyl sites for hydroxylation is 2. The molecule has 1 unspecified atom stereocenters. The van der Waals surface area contributed by atoms with Crippen molar-refractivity contribution in [1.29, 1.82) is 5.26 Å². The average Bonchev–Trinajstić information content (AvgIpc) is 3.29. The lowest BCUT2D eigenvalue weighted by molar-refractivity contribution is -0.129. The molecule has 136 valence electrons. The van der Waals surface area contributed by atoms with Crippen molar-refractivity contribution in [3.63, 3.8) is 0 Å². The van der Waals surface area contributed by atoms with Crippen LogP contribution in [0.1, 0.15) is 42.8 Å². The summed E-state index contributed by atoms with van der Waals surface area (Å²) >= 11 is 0. The zero-order valence-electron chi connectivity index (χ0n) is 15.1. The highest BCUT2D eigenvalue weighted by atomic mass is 16.5. The van der Waals surface area contributed by atoms with Crippen LogP contribution in [-0.4, -0.2) is 40.1 Å². The van der Waals surface area contributed by atoms with Crippen molar-refractivity contribution in [1.82, 2.24) is 15.0 Å². The second-order valence-corrected chi connectivity index (χ2v) is 6.28. The Kier molecular flexibility index (Phi) is 5.52. The van der Waals surface area contributed by atoms with Gasteiger partial charge in [0.2, 0.25) is 11.8 Å². The van der Waals surface area contributed by atoms with Gasteiger partial charge in [-0.25, -0.2) is 4.98 Å². The topological polar surface area (TPSA) is 92.3 Å². The number of carbonyl (C=O) groups is 1. The molecule has 0 spiro atoms. The highest BCUT2D eigenvalue weighted by Gasteiger charge is 2.29. The Balaban J connectivity index is 1.59. The number of nitriles is 1. The van der Waals surface area contributed by atoms with E-state index >= 15 is 0 Å². The Bertz CT molecular complexity index is 786. The summed E-state index contributed by atoms with van der Waals surface area (Å²) in [5.41, 5.74) is 2.29. The average molecular weight is 354 g/mol. The third kappa shape index (κ3) is 3.85. The third-order valence-electron chi connectivity index (χ3n) is 4.59. The fourth-order valence-corrected chi connectivity index (χ4v) is 3.14. The minimum Gasteiger partial charge on any atom is -0.472 e. The van der Waals surface area contributed by atoms with Crippen molar-refractivity contribution in [3.05, 3.63) is 40.9 Å². The number of pyridine rings is 1. The van der Waals surface area contributed by atoms with Gasteiger partial charge in [0, 0.05) is 37.2 Å². The maximum Gasteiger partial charge on any atom is 0.227 e. The molecule has 7 heteroatoms. The summed E-state index contributed by atoms with van der Waals surface area (Å²) in [5, 5.41) is 12.9. The molecule has 0 bridgehead atoms. The third-order valence-corrected chi connectivity index (χ3v) is 4.59. The molecule has 1 aliphatic rings. The molecule has 7 nitrogen and oxygen atoms in total. The molecule has 0 radical (unpaired) electrons. The van der Waals surface area contributed by atoms with Gasteiger partial charge in [0.25, 0.3) is 0 Å². The van der Waals surface area contributed by atoms with Gasteiger partial charge in [0.05, 0.1) is 24.2 Å². The number of carbonyl (C=O) groups excluding carboxylic acids is 1. The monoisotopic (exact) mass is 354 g/mol. The van der Waals surface area contributed by atoms with Gasteiger partial charge in [-0.15, -0.1) is 0 Å². The van der Waals surface area contributed by atoms with Gasteiger partial charge < -0.3 is 14.2 Å². The molecule has 0 aromatic carbocycles. The van der Waals surface area contributed by atoms with Crippen LogP contribution >= 0.6 is 0 Å². The summed E-state index contributed by atoms with van der Waals surface area (Å²) in [7, 11) is 0. The van der Waals surface area contributed by atoms with Crippen LogP contribution in [0.5, 0.6) is 5.88 Å². The molecule has 2 aromatic rings. The number of rotatable bonds is 6. The maximum atomic E-state index is 12.7. The van der Waals surface area contributed by atoms with Crippen LogP contribution in [0.25, 0.3) is 0 Å². The van der Waals surface area contributed by atoms with Crippen LogP contribution < -0.4 is 4.74 Å². The van der Waals surface area contributed by atoms with E-state index in [1.54, 1.807) is 12.1 Å². The Labute approximate surface area is 152 Å². The Morgan fingerprint density at radius 3 is 2.92 bits per heavy atom. The molecule has 0 aliphatic carbocycles. The fourth-order valence-electron chi connectivity index (χ4n) is 3.14.